The van der Waals surface area contributed by atoms with Gasteiger partial charge in [-0.25, -0.2) is 0 Å². The summed E-state index contributed by atoms with van der Waals surface area (Å²) in [7, 11) is 0. The Morgan fingerprint density at radius 2 is 1.74 bits per heavy atom. The van der Waals surface area contributed by atoms with Crippen LogP contribution >= 0.6 is 0 Å². The molecule has 1 aromatic rings. The molecule has 1 aromatic carbocycles. The molecule has 2 fully saturated rings. The molecule has 0 spiro atoms. The molecule has 2 amide bonds. The van der Waals surface area contributed by atoms with Crippen LogP contribution in [0.3, 0.4) is 0 Å². The molecule has 2 N–H and O–H groups in total. The summed E-state index contributed by atoms with van der Waals surface area (Å²) in [5.41, 5.74) is 1.38. The zero-order valence-electron chi connectivity index (χ0n) is 16.4. The van der Waals surface area contributed by atoms with Crippen LogP contribution in [0, 0.1) is 5.92 Å². The van der Waals surface area contributed by atoms with Crippen molar-refractivity contribution in [1.29, 1.82) is 0 Å². The average molecular weight is 373 g/mol. The third-order valence-corrected chi connectivity index (χ3v) is 5.36. The molecule has 2 heterocycles. The zero-order valence-corrected chi connectivity index (χ0v) is 16.4. The fourth-order valence-electron chi connectivity index (χ4n) is 3.95. The highest BCUT2D eigenvalue weighted by molar-refractivity contribution is 5.96. The minimum absolute atomic E-state index is 0.0146. The topological polar surface area (TPSA) is 70.7 Å². The van der Waals surface area contributed by atoms with Crippen LogP contribution in [0.1, 0.15) is 49.9 Å². The lowest BCUT2D eigenvalue weighted by Crippen LogP contribution is -2.48. The van der Waals surface area contributed by atoms with E-state index in [1.807, 2.05) is 30.9 Å². The first-order chi connectivity index (χ1) is 13.0. The van der Waals surface area contributed by atoms with Crippen LogP contribution in [0.25, 0.3) is 0 Å². The van der Waals surface area contributed by atoms with Crippen LogP contribution in [0.2, 0.25) is 0 Å². The van der Waals surface area contributed by atoms with Gasteiger partial charge in [-0.05, 0) is 76.4 Å². The van der Waals surface area contributed by atoms with Crippen LogP contribution in [0.5, 0.6) is 0 Å². The SMILES string of the molecule is CC1CN(C(=O)c2ccc(NC(=O)CCC3CCNCC3)cc2)CC(C)O1. The number of carbonyl (C=O) groups is 2. The molecule has 2 saturated heterocycles. The summed E-state index contributed by atoms with van der Waals surface area (Å²) in [5, 5.41) is 6.29. The fraction of sp³-hybridized carbons (Fsp3) is 0.619. The summed E-state index contributed by atoms with van der Waals surface area (Å²) in [6.45, 7) is 7.30. The number of rotatable bonds is 5. The summed E-state index contributed by atoms with van der Waals surface area (Å²) >= 11 is 0. The number of benzene rings is 1. The summed E-state index contributed by atoms with van der Waals surface area (Å²) in [6, 6.07) is 7.19. The first-order valence-corrected chi connectivity index (χ1v) is 10.1. The second-order valence-electron chi connectivity index (χ2n) is 7.83. The third kappa shape index (κ3) is 5.78. The largest absolute Gasteiger partial charge is 0.372 e. The van der Waals surface area contributed by atoms with Crippen LogP contribution in [-0.2, 0) is 9.53 Å². The van der Waals surface area contributed by atoms with Crippen LogP contribution < -0.4 is 10.6 Å². The smallest absolute Gasteiger partial charge is 0.254 e. The molecule has 0 aromatic heterocycles. The minimum Gasteiger partial charge on any atom is -0.372 e. The van der Waals surface area contributed by atoms with Crippen molar-refractivity contribution < 1.29 is 14.3 Å². The molecule has 6 nitrogen and oxygen atoms in total. The number of anilines is 1. The van der Waals surface area contributed by atoms with Crippen molar-refractivity contribution in [2.75, 3.05) is 31.5 Å². The van der Waals surface area contributed by atoms with E-state index in [4.69, 9.17) is 4.74 Å². The molecule has 6 heteroatoms. The Morgan fingerprint density at radius 3 is 2.37 bits per heavy atom. The average Bonchev–Trinajstić information content (AvgIpc) is 2.66. The molecular weight excluding hydrogens is 342 g/mol. The Kier molecular flexibility index (Phi) is 6.85. The van der Waals surface area contributed by atoms with Crippen LogP contribution in [0.4, 0.5) is 5.69 Å². The number of hydrogen-bond donors (Lipinski definition) is 2. The summed E-state index contributed by atoms with van der Waals surface area (Å²) in [4.78, 5) is 26.7. The van der Waals surface area contributed by atoms with Gasteiger partial charge in [-0.3, -0.25) is 9.59 Å². The second kappa shape index (κ2) is 9.33. The van der Waals surface area contributed by atoms with Crippen LogP contribution in [-0.4, -0.2) is 55.1 Å². The maximum atomic E-state index is 12.7. The van der Waals surface area contributed by atoms with Gasteiger partial charge in [0.05, 0.1) is 12.2 Å². The molecular formula is C21H31N3O3. The third-order valence-electron chi connectivity index (χ3n) is 5.36. The van der Waals surface area contributed by atoms with Gasteiger partial charge in [0.15, 0.2) is 0 Å². The molecule has 0 saturated carbocycles. The van der Waals surface area contributed by atoms with Crippen molar-refractivity contribution in [2.45, 2.75) is 51.7 Å². The van der Waals surface area contributed by atoms with Gasteiger partial charge in [0.2, 0.25) is 5.91 Å². The molecule has 0 aliphatic carbocycles. The van der Waals surface area contributed by atoms with E-state index in [0.717, 1.165) is 38.0 Å². The van der Waals surface area contributed by atoms with E-state index in [-0.39, 0.29) is 24.0 Å². The lowest BCUT2D eigenvalue weighted by molar-refractivity contribution is -0.116. The van der Waals surface area contributed by atoms with Gasteiger partial charge in [-0.15, -0.1) is 0 Å². The highest BCUT2D eigenvalue weighted by Gasteiger charge is 2.26. The Bertz CT molecular complexity index is 631. The number of piperidine rings is 1. The first kappa shape index (κ1) is 19.8. The van der Waals surface area contributed by atoms with Gasteiger partial charge in [-0.1, -0.05) is 0 Å². The molecule has 148 valence electrons. The Hall–Kier alpha value is -1.92. The van der Waals surface area contributed by atoms with Gasteiger partial charge in [-0.2, -0.15) is 0 Å². The predicted octanol–water partition coefficient (Wildman–Crippen LogP) is 2.65. The van der Waals surface area contributed by atoms with Gasteiger partial charge in [0.25, 0.3) is 5.91 Å². The van der Waals surface area contributed by atoms with Crippen molar-refractivity contribution in [1.82, 2.24) is 10.2 Å². The normalized spacial score (nSPS) is 23.9. The lowest BCUT2D eigenvalue weighted by Gasteiger charge is -2.35. The van der Waals surface area contributed by atoms with E-state index in [1.54, 1.807) is 12.1 Å². The van der Waals surface area contributed by atoms with Crippen molar-refractivity contribution in [3.05, 3.63) is 29.8 Å². The molecule has 0 bridgehead atoms. The van der Waals surface area contributed by atoms with Crippen LogP contribution in [0.15, 0.2) is 24.3 Å². The van der Waals surface area contributed by atoms with Gasteiger partial charge in [0.1, 0.15) is 0 Å². The minimum atomic E-state index is 0.0146. The standard InChI is InChI=1S/C21H31N3O3/c1-15-13-24(14-16(2)27-15)21(26)18-4-6-19(7-5-18)23-20(25)8-3-17-9-11-22-12-10-17/h4-7,15-17,22H,3,8-14H2,1-2H3,(H,23,25). The summed E-state index contributed by atoms with van der Waals surface area (Å²) in [6.07, 6.45) is 3.91. The first-order valence-electron chi connectivity index (χ1n) is 10.1. The van der Waals surface area contributed by atoms with Gasteiger partial charge in [0, 0.05) is 30.8 Å². The maximum absolute atomic E-state index is 12.7. The second-order valence-corrected chi connectivity index (χ2v) is 7.83. The van der Waals surface area contributed by atoms with Gasteiger partial charge < -0.3 is 20.3 Å². The molecule has 2 aliphatic heterocycles. The number of carbonyl (C=O) groups excluding carboxylic acids is 2. The van der Waals surface area contributed by atoms with Crippen molar-refractivity contribution in [2.24, 2.45) is 5.92 Å². The van der Waals surface area contributed by atoms with Gasteiger partial charge >= 0.3 is 0 Å². The van der Waals surface area contributed by atoms with E-state index >= 15 is 0 Å². The maximum Gasteiger partial charge on any atom is 0.254 e. The van der Waals surface area contributed by atoms with E-state index in [2.05, 4.69) is 10.6 Å². The Balaban J connectivity index is 1.49. The molecule has 27 heavy (non-hydrogen) atoms. The van der Waals surface area contributed by atoms with E-state index in [0.29, 0.717) is 31.0 Å². The van der Waals surface area contributed by atoms with Crippen molar-refractivity contribution in [3.8, 4) is 0 Å². The summed E-state index contributed by atoms with van der Waals surface area (Å²) < 4.78 is 5.69. The highest BCUT2D eigenvalue weighted by atomic mass is 16.5. The fourth-order valence-corrected chi connectivity index (χ4v) is 3.95. The van der Waals surface area contributed by atoms with E-state index in [9.17, 15) is 9.59 Å². The van der Waals surface area contributed by atoms with E-state index in [1.165, 1.54) is 0 Å². The quantitative estimate of drug-likeness (QED) is 0.832. The van der Waals surface area contributed by atoms with E-state index < -0.39 is 0 Å². The molecule has 2 atom stereocenters. The highest BCUT2D eigenvalue weighted by Crippen LogP contribution is 2.19. The number of amides is 2. The molecule has 3 rings (SSSR count). The molecule has 0 radical (unpaired) electrons. The zero-order chi connectivity index (χ0) is 19.2. The van der Waals surface area contributed by atoms with Crippen molar-refractivity contribution >= 4 is 17.5 Å². The number of nitrogens with one attached hydrogen (secondary N) is 2. The number of nitrogens with zero attached hydrogens (tertiary/aromatic N) is 1. The number of morpholine rings is 1. The predicted molar refractivity (Wildman–Crippen MR) is 106 cm³/mol. The van der Waals surface area contributed by atoms with Crippen molar-refractivity contribution in [3.63, 3.8) is 0 Å². The monoisotopic (exact) mass is 373 g/mol. The summed E-state index contributed by atoms with van der Waals surface area (Å²) in [5.74, 6) is 0.708. The number of hydrogen-bond acceptors (Lipinski definition) is 4. The molecule has 2 unspecified atom stereocenters. The lowest BCUT2D eigenvalue weighted by atomic mass is 9.93. The Morgan fingerprint density at radius 1 is 1.11 bits per heavy atom. The Labute approximate surface area is 161 Å². The number of ether oxygens (including phenoxy) is 1. The molecule has 2 aliphatic rings.